The standard InChI is InChI=1S/C12H23N3S/c1-6-13-11(8-15(4)5)7-12-14-9(2)10(3)16-12/h11,13H,6-8H2,1-5H3. The highest BCUT2D eigenvalue weighted by Crippen LogP contribution is 2.17. The summed E-state index contributed by atoms with van der Waals surface area (Å²) < 4.78 is 0. The van der Waals surface area contributed by atoms with Gasteiger partial charge in [0.2, 0.25) is 0 Å². The minimum atomic E-state index is 0.505. The van der Waals surface area contributed by atoms with Crippen LogP contribution in [-0.2, 0) is 6.42 Å². The van der Waals surface area contributed by atoms with Crippen molar-refractivity contribution in [2.24, 2.45) is 0 Å². The summed E-state index contributed by atoms with van der Waals surface area (Å²) in [6.45, 7) is 8.46. The molecular weight excluding hydrogens is 218 g/mol. The Bertz CT molecular complexity index is 301. The second-order valence-electron chi connectivity index (χ2n) is 4.47. The maximum atomic E-state index is 4.60. The maximum Gasteiger partial charge on any atom is 0.0946 e. The van der Waals surface area contributed by atoms with E-state index >= 15 is 0 Å². The molecule has 1 aromatic rings. The van der Waals surface area contributed by atoms with E-state index in [1.54, 1.807) is 0 Å². The van der Waals surface area contributed by atoms with E-state index in [-0.39, 0.29) is 0 Å². The zero-order valence-corrected chi connectivity index (χ0v) is 11.8. The molecule has 1 aromatic heterocycles. The average Bonchev–Trinajstić information content (AvgIpc) is 2.45. The third kappa shape index (κ3) is 4.20. The predicted molar refractivity (Wildman–Crippen MR) is 71.3 cm³/mol. The Hall–Kier alpha value is -0.450. The second-order valence-corrected chi connectivity index (χ2v) is 5.76. The van der Waals surface area contributed by atoms with Gasteiger partial charge in [0.25, 0.3) is 0 Å². The summed E-state index contributed by atoms with van der Waals surface area (Å²) in [6.07, 6.45) is 1.03. The summed E-state index contributed by atoms with van der Waals surface area (Å²) in [7, 11) is 4.23. The smallest absolute Gasteiger partial charge is 0.0946 e. The molecule has 1 rings (SSSR count). The normalized spacial score (nSPS) is 13.4. The van der Waals surface area contributed by atoms with Crippen molar-refractivity contribution in [1.82, 2.24) is 15.2 Å². The second kappa shape index (κ2) is 6.33. The van der Waals surface area contributed by atoms with Crippen LogP contribution < -0.4 is 5.32 Å². The van der Waals surface area contributed by atoms with Gasteiger partial charge in [-0.25, -0.2) is 4.98 Å². The van der Waals surface area contributed by atoms with Crippen LogP contribution in [0.1, 0.15) is 22.5 Å². The zero-order valence-electron chi connectivity index (χ0n) is 11.0. The molecule has 92 valence electrons. The number of thiazole rings is 1. The van der Waals surface area contributed by atoms with Crippen molar-refractivity contribution in [3.05, 3.63) is 15.6 Å². The van der Waals surface area contributed by atoms with Crippen LogP contribution in [0.15, 0.2) is 0 Å². The lowest BCUT2D eigenvalue weighted by Crippen LogP contribution is -2.39. The molecule has 1 heterocycles. The van der Waals surface area contributed by atoms with Crippen LogP contribution in [0, 0.1) is 13.8 Å². The first-order valence-electron chi connectivity index (χ1n) is 5.84. The lowest BCUT2D eigenvalue weighted by molar-refractivity contribution is 0.339. The molecule has 0 aromatic carbocycles. The first-order valence-corrected chi connectivity index (χ1v) is 6.65. The lowest BCUT2D eigenvalue weighted by Gasteiger charge is -2.20. The Balaban J connectivity index is 2.59. The van der Waals surface area contributed by atoms with Crippen LogP contribution in [0.3, 0.4) is 0 Å². The number of hydrogen-bond donors (Lipinski definition) is 1. The minimum Gasteiger partial charge on any atom is -0.313 e. The van der Waals surface area contributed by atoms with Gasteiger partial charge in [0.05, 0.1) is 10.7 Å². The summed E-state index contributed by atoms with van der Waals surface area (Å²) in [4.78, 5) is 8.17. The zero-order chi connectivity index (χ0) is 12.1. The third-order valence-corrected chi connectivity index (χ3v) is 3.67. The Morgan fingerprint density at radius 3 is 2.50 bits per heavy atom. The molecule has 16 heavy (non-hydrogen) atoms. The van der Waals surface area contributed by atoms with Gasteiger partial charge < -0.3 is 10.2 Å². The van der Waals surface area contributed by atoms with Crippen LogP contribution in [0.5, 0.6) is 0 Å². The Kier molecular flexibility index (Phi) is 5.38. The summed E-state index contributed by atoms with van der Waals surface area (Å²) in [5.41, 5.74) is 1.18. The lowest BCUT2D eigenvalue weighted by atomic mass is 10.2. The largest absolute Gasteiger partial charge is 0.313 e. The van der Waals surface area contributed by atoms with Gasteiger partial charge in [0, 0.05) is 23.9 Å². The first kappa shape index (κ1) is 13.6. The Morgan fingerprint density at radius 1 is 1.38 bits per heavy atom. The number of rotatable bonds is 6. The van der Waals surface area contributed by atoms with Gasteiger partial charge in [-0.15, -0.1) is 11.3 Å². The fraction of sp³-hybridized carbons (Fsp3) is 0.750. The van der Waals surface area contributed by atoms with E-state index in [2.05, 4.69) is 50.1 Å². The van der Waals surface area contributed by atoms with Crippen LogP contribution in [-0.4, -0.2) is 43.1 Å². The van der Waals surface area contributed by atoms with Crippen molar-refractivity contribution in [2.45, 2.75) is 33.2 Å². The van der Waals surface area contributed by atoms with Gasteiger partial charge in [-0.05, 0) is 34.5 Å². The van der Waals surface area contributed by atoms with E-state index < -0.39 is 0 Å². The third-order valence-electron chi connectivity index (χ3n) is 2.57. The Labute approximate surface area is 103 Å². The van der Waals surface area contributed by atoms with E-state index in [9.17, 15) is 0 Å². The Morgan fingerprint density at radius 2 is 2.06 bits per heavy atom. The highest BCUT2D eigenvalue weighted by Gasteiger charge is 2.12. The predicted octanol–water partition coefficient (Wildman–Crippen LogP) is 1.84. The molecule has 0 aliphatic rings. The molecule has 0 saturated heterocycles. The number of hydrogen-bond acceptors (Lipinski definition) is 4. The van der Waals surface area contributed by atoms with Crippen molar-refractivity contribution >= 4 is 11.3 Å². The van der Waals surface area contributed by atoms with Gasteiger partial charge in [0.1, 0.15) is 0 Å². The number of nitrogens with zero attached hydrogens (tertiary/aromatic N) is 2. The van der Waals surface area contributed by atoms with Crippen LogP contribution in [0.2, 0.25) is 0 Å². The molecule has 1 N–H and O–H groups in total. The van der Waals surface area contributed by atoms with E-state index in [1.165, 1.54) is 15.6 Å². The van der Waals surface area contributed by atoms with Gasteiger partial charge in [-0.2, -0.15) is 0 Å². The molecule has 0 radical (unpaired) electrons. The van der Waals surface area contributed by atoms with Crippen LogP contribution in [0.25, 0.3) is 0 Å². The fourth-order valence-corrected chi connectivity index (χ4v) is 2.78. The molecule has 4 heteroatoms. The van der Waals surface area contributed by atoms with Gasteiger partial charge in [-0.1, -0.05) is 6.92 Å². The quantitative estimate of drug-likeness (QED) is 0.824. The summed E-state index contributed by atoms with van der Waals surface area (Å²) in [5, 5.41) is 4.77. The molecule has 0 saturated carbocycles. The molecule has 0 amide bonds. The SMILES string of the molecule is CCNC(Cc1nc(C)c(C)s1)CN(C)C. The van der Waals surface area contributed by atoms with Crippen molar-refractivity contribution in [2.75, 3.05) is 27.2 Å². The molecule has 0 fully saturated rings. The molecular formula is C12H23N3S. The molecule has 1 atom stereocenters. The van der Waals surface area contributed by atoms with Gasteiger partial charge in [-0.3, -0.25) is 0 Å². The van der Waals surface area contributed by atoms with E-state index in [4.69, 9.17) is 0 Å². The number of likely N-dealkylation sites (N-methyl/N-ethyl adjacent to an activating group) is 2. The van der Waals surface area contributed by atoms with Crippen molar-refractivity contribution < 1.29 is 0 Å². The monoisotopic (exact) mass is 241 g/mol. The minimum absolute atomic E-state index is 0.505. The molecule has 0 aliphatic heterocycles. The topological polar surface area (TPSA) is 28.2 Å². The molecule has 3 nitrogen and oxygen atoms in total. The van der Waals surface area contributed by atoms with Crippen molar-refractivity contribution in [3.63, 3.8) is 0 Å². The molecule has 0 bridgehead atoms. The van der Waals surface area contributed by atoms with Gasteiger partial charge in [0.15, 0.2) is 0 Å². The fourth-order valence-electron chi connectivity index (χ4n) is 1.77. The van der Waals surface area contributed by atoms with E-state index in [1.807, 2.05) is 11.3 Å². The van der Waals surface area contributed by atoms with E-state index in [0.29, 0.717) is 6.04 Å². The summed E-state index contributed by atoms with van der Waals surface area (Å²) >= 11 is 1.83. The maximum absolute atomic E-state index is 4.60. The average molecular weight is 241 g/mol. The number of nitrogens with one attached hydrogen (secondary N) is 1. The number of aromatic nitrogens is 1. The summed E-state index contributed by atoms with van der Waals surface area (Å²) in [6, 6.07) is 0.505. The number of aryl methyl sites for hydroxylation is 2. The van der Waals surface area contributed by atoms with Crippen molar-refractivity contribution in [1.29, 1.82) is 0 Å². The van der Waals surface area contributed by atoms with Crippen molar-refractivity contribution in [3.8, 4) is 0 Å². The molecule has 0 aliphatic carbocycles. The van der Waals surface area contributed by atoms with Gasteiger partial charge >= 0.3 is 0 Å². The first-order chi connectivity index (χ1) is 7.52. The highest BCUT2D eigenvalue weighted by molar-refractivity contribution is 7.11. The molecule has 1 unspecified atom stereocenters. The highest BCUT2D eigenvalue weighted by atomic mass is 32.1. The van der Waals surface area contributed by atoms with E-state index in [0.717, 1.165) is 19.5 Å². The molecule has 0 spiro atoms. The summed E-state index contributed by atoms with van der Waals surface area (Å²) in [5.74, 6) is 0. The van der Waals surface area contributed by atoms with Crippen LogP contribution in [0.4, 0.5) is 0 Å². The van der Waals surface area contributed by atoms with Crippen LogP contribution >= 0.6 is 11.3 Å².